The third-order valence-electron chi connectivity index (χ3n) is 4.33. The summed E-state index contributed by atoms with van der Waals surface area (Å²) >= 11 is 0. The molecule has 0 bridgehead atoms. The van der Waals surface area contributed by atoms with Crippen LogP contribution in [0, 0.1) is 17.8 Å². The lowest BCUT2D eigenvalue weighted by Crippen LogP contribution is -2.35. The predicted octanol–water partition coefficient (Wildman–Crippen LogP) is 3.15. The molecular formula is C13H25N. The van der Waals surface area contributed by atoms with Gasteiger partial charge in [0, 0.05) is 6.54 Å². The fraction of sp³-hybridized carbons (Fsp3) is 1.00. The van der Waals surface area contributed by atoms with E-state index >= 15 is 0 Å². The van der Waals surface area contributed by atoms with E-state index in [4.69, 9.17) is 0 Å². The van der Waals surface area contributed by atoms with Crippen LogP contribution in [0.3, 0.4) is 0 Å². The smallest absolute Gasteiger partial charge is 0.000937 e. The molecule has 0 aromatic heterocycles. The zero-order valence-electron chi connectivity index (χ0n) is 9.84. The van der Waals surface area contributed by atoms with Crippen molar-refractivity contribution in [2.45, 2.75) is 45.4 Å². The molecule has 1 aliphatic carbocycles. The van der Waals surface area contributed by atoms with Gasteiger partial charge in [0.15, 0.2) is 0 Å². The molecule has 0 radical (unpaired) electrons. The molecular weight excluding hydrogens is 170 g/mol. The lowest BCUT2D eigenvalue weighted by molar-refractivity contribution is 0.166. The number of likely N-dealkylation sites (tertiary alicyclic amines) is 1. The van der Waals surface area contributed by atoms with Crippen LogP contribution in [-0.2, 0) is 0 Å². The fourth-order valence-electron chi connectivity index (χ4n) is 3.52. The molecule has 82 valence electrons. The highest BCUT2D eigenvalue weighted by Gasteiger charge is 2.36. The molecule has 1 heteroatoms. The van der Waals surface area contributed by atoms with Crippen molar-refractivity contribution in [3.05, 3.63) is 0 Å². The highest BCUT2D eigenvalue weighted by molar-refractivity contribution is 4.88. The Morgan fingerprint density at radius 1 is 1.21 bits per heavy atom. The van der Waals surface area contributed by atoms with E-state index < -0.39 is 0 Å². The van der Waals surface area contributed by atoms with Crippen LogP contribution in [0.5, 0.6) is 0 Å². The molecule has 2 aliphatic rings. The van der Waals surface area contributed by atoms with Gasteiger partial charge >= 0.3 is 0 Å². The molecule has 1 saturated heterocycles. The largest absolute Gasteiger partial charge is 0.306 e. The minimum atomic E-state index is 1.05. The van der Waals surface area contributed by atoms with E-state index in [2.05, 4.69) is 18.9 Å². The Balaban J connectivity index is 1.80. The molecule has 2 rings (SSSR count). The van der Waals surface area contributed by atoms with E-state index in [-0.39, 0.29) is 0 Å². The molecule has 14 heavy (non-hydrogen) atoms. The Kier molecular flexibility index (Phi) is 3.48. The lowest BCUT2D eigenvalue weighted by atomic mass is 9.89. The molecule has 0 N–H and O–H groups in total. The third-order valence-corrected chi connectivity index (χ3v) is 4.33. The second kappa shape index (κ2) is 4.65. The molecule has 1 nitrogen and oxygen atoms in total. The fourth-order valence-corrected chi connectivity index (χ4v) is 3.52. The van der Waals surface area contributed by atoms with Gasteiger partial charge in [-0.3, -0.25) is 0 Å². The highest BCUT2D eigenvalue weighted by Crippen LogP contribution is 2.42. The van der Waals surface area contributed by atoms with Crippen LogP contribution in [0.25, 0.3) is 0 Å². The Morgan fingerprint density at radius 2 is 2.00 bits per heavy atom. The van der Waals surface area contributed by atoms with Gasteiger partial charge in [-0.25, -0.2) is 0 Å². The molecule has 0 spiro atoms. The van der Waals surface area contributed by atoms with E-state index in [0.717, 1.165) is 17.8 Å². The first-order chi connectivity index (χ1) is 6.79. The average molecular weight is 195 g/mol. The van der Waals surface area contributed by atoms with Crippen LogP contribution in [0.1, 0.15) is 45.4 Å². The summed E-state index contributed by atoms with van der Waals surface area (Å²) in [6.45, 7) is 5.05. The van der Waals surface area contributed by atoms with Crippen LogP contribution < -0.4 is 0 Å². The monoisotopic (exact) mass is 195 g/mol. The van der Waals surface area contributed by atoms with Gasteiger partial charge in [0.25, 0.3) is 0 Å². The van der Waals surface area contributed by atoms with Gasteiger partial charge in [-0.05, 0) is 50.6 Å². The van der Waals surface area contributed by atoms with Gasteiger partial charge < -0.3 is 4.90 Å². The highest BCUT2D eigenvalue weighted by atomic mass is 15.1. The van der Waals surface area contributed by atoms with Gasteiger partial charge in [-0.1, -0.05) is 26.2 Å². The Bertz CT molecular complexity index is 178. The maximum absolute atomic E-state index is 2.53. The van der Waals surface area contributed by atoms with Gasteiger partial charge in [0.2, 0.25) is 0 Å². The summed E-state index contributed by atoms with van der Waals surface area (Å²) in [4.78, 5) is 2.53. The first-order valence-electron chi connectivity index (χ1n) is 6.48. The quantitative estimate of drug-likeness (QED) is 0.668. The molecule has 0 aromatic carbocycles. The van der Waals surface area contributed by atoms with Crippen molar-refractivity contribution in [2.75, 3.05) is 20.1 Å². The van der Waals surface area contributed by atoms with Crippen molar-refractivity contribution in [2.24, 2.45) is 17.8 Å². The maximum atomic E-state index is 2.53. The van der Waals surface area contributed by atoms with Crippen LogP contribution in [0.2, 0.25) is 0 Å². The molecule has 3 unspecified atom stereocenters. The van der Waals surface area contributed by atoms with Crippen molar-refractivity contribution in [1.82, 2.24) is 4.90 Å². The van der Waals surface area contributed by atoms with Crippen LogP contribution in [0.15, 0.2) is 0 Å². The van der Waals surface area contributed by atoms with E-state index in [1.54, 1.807) is 6.42 Å². The van der Waals surface area contributed by atoms with E-state index in [1.165, 1.54) is 45.2 Å². The average Bonchev–Trinajstić information content (AvgIpc) is 2.56. The topological polar surface area (TPSA) is 3.24 Å². The van der Waals surface area contributed by atoms with Crippen molar-refractivity contribution < 1.29 is 0 Å². The summed E-state index contributed by atoms with van der Waals surface area (Å²) in [6, 6.07) is 0. The Hall–Kier alpha value is -0.0400. The second-order valence-electron chi connectivity index (χ2n) is 5.55. The minimum Gasteiger partial charge on any atom is -0.306 e. The van der Waals surface area contributed by atoms with Crippen molar-refractivity contribution >= 4 is 0 Å². The number of piperidine rings is 1. The number of fused-ring (bicyclic) bond motifs is 1. The molecule has 0 amide bonds. The van der Waals surface area contributed by atoms with E-state index in [0.29, 0.717) is 0 Å². The Labute approximate surface area is 88.9 Å². The van der Waals surface area contributed by atoms with Crippen molar-refractivity contribution in [3.63, 3.8) is 0 Å². The third kappa shape index (κ3) is 2.31. The van der Waals surface area contributed by atoms with Crippen LogP contribution >= 0.6 is 0 Å². The zero-order valence-corrected chi connectivity index (χ0v) is 9.84. The van der Waals surface area contributed by atoms with E-state index in [1.807, 2.05) is 0 Å². The van der Waals surface area contributed by atoms with Gasteiger partial charge in [0.05, 0.1) is 0 Å². The van der Waals surface area contributed by atoms with Crippen molar-refractivity contribution in [3.8, 4) is 0 Å². The van der Waals surface area contributed by atoms with Gasteiger partial charge in [-0.2, -0.15) is 0 Å². The zero-order chi connectivity index (χ0) is 9.97. The maximum Gasteiger partial charge on any atom is 0.000937 e. The molecule has 1 saturated carbocycles. The molecule has 3 atom stereocenters. The first kappa shape index (κ1) is 10.5. The lowest BCUT2D eigenvalue weighted by Gasteiger charge is -2.32. The molecule has 2 fully saturated rings. The summed E-state index contributed by atoms with van der Waals surface area (Å²) < 4.78 is 0. The van der Waals surface area contributed by atoms with Crippen LogP contribution in [-0.4, -0.2) is 25.0 Å². The number of hydrogen-bond donors (Lipinski definition) is 0. The van der Waals surface area contributed by atoms with E-state index in [9.17, 15) is 0 Å². The first-order valence-corrected chi connectivity index (χ1v) is 6.48. The normalized spacial score (nSPS) is 38.6. The molecule has 1 heterocycles. The van der Waals surface area contributed by atoms with Gasteiger partial charge in [0.1, 0.15) is 0 Å². The summed E-state index contributed by atoms with van der Waals surface area (Å²) in [7, 11) is 2.29. The standard InChI is InChI=1S/C13H25N/c1-3-4-5-11-8-12-6-7-14(2)10-13(12)9-11/h11-13H,3-10H2,1-2H3. The summed E-state index contributed by atoms with van der Waals surface area (Å²) in [6.07, 6.45) is 8.91. The predicted molar refractivity (Wildman–Crippen MR) is 61.3 cm³/mol. The molecule has 1 aliphatic heterocycles. The number of unbranched alkanes of at least 4 members (excludes halogenated alkanes) is 1. The van der Waals surface area contributed by atoms with Crippen molar-refractivity contribution in [1.29, 1.82) is 0 Å². The number of hydrogen-bond acceptors (Lipinski definition) is 1. The second-order valence-corrected chi connectivity index (χ2v) is 5.55. The van der Waals surface area contributed by atoms with Crippen LogP contribution in [0.4, 0.5) is 0 Å². The number of rotatable bonds is 3. The Morgan fingerprint density at radius 3 is 2.79 bits per heavy atom. The summed E-state index contributed by atoms with van der Waals surface area (Å²) in [5, 5.41) is 0. The van der Waals surface area contributed by atoms with Gasteiger partial charge in [-0.15, -0.1) is 0 Å². The number of nitrogens with zero attached hydrogens (tertiary/aromatic N) is 1. The molecule has 0 aromatic rings. The minimum absolute atomic E-state index is 1.05. The summed E-state index contributed by atoms with van der Waals surface area (Å²) in [5.41, 5.74) is 0. The summed E-state index contributed by atoms with van der Waals surface area (Å²) in [5.74, 6) is 3.22. The SMILES string of the molecule is CCCCC1CC2CCN(C)CC2C1.